The molecule has 0 N–H and O–H groups in total. The highest BCUT2D eigenvalue weighted by molar-refractivity contribution is 5.21. The van der Waals surface area contributed by atoms with Crippen LogP contribution in [0.4, 0.5) is 0 Å². The molecule has 90 valence electrons. The van der Waals surface area contributed by atoms with Crippen molar-refractivity contribution in [3.8, 4) is 5.75 Å². The molecule has 1 rings (SSSR count). The molecule has 0 aliphatic rings. The van der Waals surface area contributed by atoms with Crippen LogP contribution in [0.5, 0.6) is 5.75 Å². The molecule has 0 aliphatic carbocycles. The Morgan fingerprint density at radius 2 is 1.25 bits per heavy atom. The molecule has 0 saturated heterocycles. The topological polar surface area (TPSA) is 9.23 Å². The monoisotopic (exact) mass is 220 g/mol. The lowest BCUT2D eigenvalue weighted by Crippen LogP contribution is -2.42. The fourth-order valence-electron chi connectivity index (χ4n) is 2.29. The minimum atomic E-state index is 0.133. The standard InChI is InChI=1S/C15H24O/c1-14(2,3)13(15(4,5)6)16-12-10-8-7-9-11-12/h7-11,13H,1-6H3. The fourth-order valence-corrected chi connectivity index (χ4v) is 2.29. The fraction of sp³-hybridized carbons (Fsp3) is 0.600. The summed E-state index contributed by atoms with van der Waals surface area (Å²) in [7, 11) is 0. The molecule has 0 atom stereocenters. The molecule has 0 fully saturated rings. The highest BCUT2D eigenvalue weighted by atomic mass is 16.5. The Balaban J connectivity index is 2.89. The molecule has 1 aromatic carbocycles. The van der Waals surface area contributed by atoms with Crippen LogP contribution in [0.2, 0.25) is 0 Å². The van der Waals surface area contributed by atoms with E-state index < -0.39 is 0 Å². The van der Waals surface area contributed by atoms with Crippen LogP contribution in [0.15, 0.2) is 30.3 Å². The van der Waals surface area contributed by atoms with Crippen molar-refractivity contribution in [3.63, 3.8) is 0 Å². The van der Waals surface area contributed by atoms with E-state index in [1.165, 1.54) is 0 Å². The van der Waals surface area contributed by atoms with Crippen LogP contribution >= 0.6 is 0 Å². The second-order valence-corrected chi connectivity index (χ2v) is 6.54. The van der Waals surface area contributed by atoms with Gasteiger partial charge in [-0.05, 0) is 23.0 Å². The minimum absolute atomic E-state index is 0.133. The molecular formula is C15H24O. The van der Waals surface area contributed by atoms with Gasteiger partial charge < -0.3 is 4.74 Å². The maximum Gasteiger partial charge on any atom is 0.119 e. The number of hydrogen-bond acceptors (Lipinski definition) is 1. The van der Waals surface area contributed by atoms with E-state index in [4.69, 9.17) is 4.74 Å². The van der Waals surface area contributed by atoms with Gasteiger partial charge in [0.2, 0.25) is 0 Å². The van der Waals surface area contributed by atoms with E-state index in [0.29, 0.717) is 0 Å². The van der Waals surface area contributed by atoms with E-state index in [1.807, 2.05) is 30.3 Å². The van der Waals surface area contributed by atoms with Gasteiger partial charge in [0, 0.05) is 0 Å². The van der Waals surface area contributed by atoms with Crippen LogP contribution in [0, 0.1) is 10.8 Å². The lowest BCUT2D eigenvalue weighted by atomic mass is 9.74. The highest BCUT2D eigenvalue weighted by Gasteiger charge is 2.36. The van der Waals surface area contributed by atoms with Gasteiger partial charge in [0.1, 0.15) is 11.9 Å². The molecular weight excluding hydrogens is 196 g/mol. The first-order valence-electron chi connectivity index (χ1n) is 5.93. The number of rotatable bonds is 2. The normalized spacial score (nSPS) is 12.9. The predicted octanol–water partition coefficient (Wildman–Crippen LogP) is 4.53. The lowest BCUT2D eigenvalue weighted by Gasteiger charge is -2.40. The molecule has 0 radical (unpaired) electrons. The number of ether oxygens (including phenoxy) is 1. The molecule has 0 saturated carbocycles. The van der Waals surface area contributed by atoms with Gasteiger partial charge >= 0.3 is 0 Å². The maximum absolute atomic E-state index is 6.14. The Hall–Kier alpha value is -0.980. The van der Waals surface area contributed by atoms with Crippen LogP contribution in [0.25, 0.3) is 0 Å². The van der Waals surface area contributed by atoms with Gasteiger partial charge in [-0.15, -0.1) is 0 Å². The third kappa shape index (κ3) is 3.55. The molecule has 16 heavy (non-hydrogen) atoms. The molecule has 0 heterocycles. The Bertz CT molecular complexity index is 300. The first-order chi connectivity index (χ1) is 7.21. The molecule has 0 spiro atoms. The first-order valence-corrected chi connectivity index (χ1v) is 5.93. The van der Waals surface area contributed by atoms with Gasteiger partial charge in [-0.3, -0.25) is 0 Å². The summed E-state index contributed by atoms with van der Waals surface area (Å²) < 4.78 is 6.14. The maximum atomic E-state index is 6.14. The van der Waals surface area contributed by atoms with Gasteiger partial charge in [0.05, 0.1) is 0 Å². The number of benzene rings is 1. The second kappa shape index (κ2) is 4.48. The van der Waals surface area contributed by atoms with Crippen molar-refractivity contribution < 1.29 is 4.74 Å². The van der Waals surface area contributed by atoms with Crippen LogP contribution in [-0.2, 0) is 0 Å². The van der Waals surface area contributed by atoms with Gasteiger partial charge in [-0.2, -0.15) is 0 Å². The molecule has 0 aliphatic heterocycles. The van der Waals surface area contributed by atoms with E-state index in [9.17, 15) is 0 Å². The summed E-state index contributed by atoms with van der Waals surface area (Å²) in [6, 6.07) is 10.1. The van der Waals surface area contributed by atoms with Crippen LogP contribution in [0.3, 0.4) is 0 Å². The Kier molecular flexibility index (Phi) is 3.67. The minimum Gasteiger partial charge on any atom is -0.489 e. The van der Waals surface area contributed by atoms with E-state index in [1.54, 1.807) is 0 Å². The smallest absolute Gasteiger partial charge is 0.119 e. The lowest BCUT2D eigenvalue weighted by molar-refractivity contribution is -0.00169. The second-order valence-electron chi connectivity index (χ2n) is 6.54. The van der Waals surface area contributed by atoms with Crippen molar-refractivity contribution in [3.05, 3.63) is 30.3 Å². The Morgan fingerprint density at radius 3 is 1.62 bits per heavy atom. The average Bonchev–Trinajstić information content (AvgIpc) is 2.12. The number of para-hydroxylation sites is 1. The van der Waals surface area contributed by atoms with Crippen molar-refractivity contribution in [2.45, 2.75) is 47.6 Å². The molecule has 0 amide bonds. The quantitative estimate of drug-likeness (QED) is 0.711. The van der Waals surface area contributed by atoms with Crippen LogP contribution < -0.4 is 4.74 Å². The van der Waals surface area contributed by atoms with Gasteiger partial charge in [0.15, 0.2) is 0 Å². The summed E-state index contributed by atoms with van der Waals surface area (Å²) in [5, 5.41) is 0. The summed E-state index contributed by atoms with van der Waals surface area (Å²) in [4.78, 5) is 0. The third-order valence-corrected chi connectivity index (χ3v) is 2.57. The van der Waals surface area contributed by atoms with Gasteiger partial charge in [-0.1, -0.05) is 59.7 Å². The summed E-state index contributed by atoms with van der Waals surface area (Å²) in [6.07, 6.45) is 0.197. The zero-order chi connectivity index (χ0) is 12.4. The van der Waals surface area contributed by atoms with E-state index in [2.05, 4.69) is 41.5 Å². The third-order valence-electron chi connectivity index (χ3n) is 2.57. The Labute approximate surface area is 99.8 Å². The molecule has 0 unspecified atom stereocenters. The van der Waals surface area contributed by atoms with Crippen molar-refractivity contribution in [1.82, 2.24) is 0 Å². The van der Waals surface area contributed by atoms with Crippen molar-refractivity contribution in [2.24, 2.45) is 10.8 Å². The molecule has 1 heteroatoms. The first kappa shape index (κ1) is 13.1. The molecule has 0 aromatic heterocycles. The predicted molar refractivity (Wildman–Crippen MR) is 69.8 cm³/mol. The van der Waals surface area contributed by atoms with Crippen molar-refractivity contribution in [2.75, 3.05) is 0 Å². The summed E-state index contributed by atoms with van der Waals surface area (Å²) in [5.41, 5.74) is 0.266. The van der Waals surface area contributed by atoms with Gasteiger partial charge in [-0.25, -0.2) is 0 Å². The molecule has 1 nitrogen and oxygen atoms in total. The average molecular weight is 220 g/mol. The Morgan fingerprint density at radius 1 is 0.812 bits per heavy atom. The molecule has 1 aromatic rings. The molecule has 0 bridgehead atoms. The summed E-state index contributed by atoms with van der Waals surface area (Å²) in [6.45, 7) is 13.4. The van der Waals surface area contributed by atoms with Crippen molar-refractivity contribution in [1.29, 1.82) is 0 Å². The number of hydrogen-bond donors (Lipinski definition) is 0. The summed E-state index contributed by atoms with van der Waals surface area (Å²) in [5.74, 6) is 0.956. The van der Waals surface area contributed by atoms with Crippen molar-refractivity contribution >= 4 is 0 Å². The largest absolute Gasteiger partial charge is 0.489 e. The zero-order valence-electron chi connectivity index (χ0n) is 11.4. The zero-order valence-corrected chi connectivity index (χ0v) is 11.4. The van der Waals surface area contributed by atoms with E-state index in [0.717, 1.165) is 5.75 Å². The van der Waals surface area contributed by atoms with Gasteiger partial charge in [0.25, 0.3) is 0 Å². The van der Waals surface area contributed by atoms with E-state index >= 15 is 0 Å². The summed E-state index contributed by atoms with van der Waals surface area (Å²) >= 11 is 0. The van der Waals surface area contributed by atoms with Crippen LogP contribution in [-0.4, -0.2) is 6.10 Å². The highest BCUT2D eigenvalue weighted by Crippen LogP contribution is 2.36. The van der Waals surface area contributed by atoms with Crippen LogP contribution in [0.1, 0.15) is 41.5 Å². The SMILES string of the molecule is CC(C)(C)C(Oc1ccccc1)C(C)(C)C. The van der Waals surface area contributed by atoms with E-state index in [-0.39, 0.29) is 16.9 Å².